The van der Waals surface area contributed by atoms with Crippen LogP contribution in [-0.4, -0.2) is 16.3 Å². The van der Waals surface area contributed by atoms with Crippen molar-refractivity contribution >= 4 is 27.4 Å². The van der Waals surface area contributed by atoms with Gasteiger partial charge in [0.05, 0.1) is 16.2 Å². The van der Waals surface area contributed by atoms with Crippen molar-refractivity contribution in [2.45, 2.75) is 38.6 Å². The summed E-state index contributed by atoms with van der Waals surface area (Å²) in [7, 11) is 0. The lowest BCUT2D eigenvalue weighted by atomic mass is 10.0. The van der Waals surface area contributed by atoms with Gasteiger partial charge in [0.1, 0.15) is 5.82 Å². The molecule has 5 heteroatoms. The summed E-state index contributed by atoms with van der Waals surface area (Å²) in [5, 5.41) is 8.31. The Labute approximate surface area is 133 Å². The van der Waals surface area contributed by atoms with E-state index in [1.807, 2.05) is 12.1 Å². The van der Waals surface area contributed by atoms with Gasteiger partial charge in [0.25, 0.3) is 0 Å². The quantitative estimate of drug-likeness (QED) is 0.821. The molecule has 1 aromatic heterocycles. The van der Waals surface area contributed by atoms with Crippen molar-refractivity contribution in [3.63, 3.8) is 0 Å². The Morgan fingerprint density at radius 3 is 3.10 bits per heavy atom. The summed E-state index contributed by atoms with van der Waals surface area (Å²) in [6.07, 6.45) is 4.39. The van der Waals surface area contributed by atoms with Crippen molar-refractivity contribution in [3.05, 3.63) is 40.0 Å². The third kappa shape index (κ3) is 2.79. The van der Waals surface area contributed by atoms with E-state index in [9.17, 15) is 0 Å². The minimum absolute atomic E-state index is 0.261. The highest BCUT2D eigenvalue weighted by Crippen LogP contribution is 2.36. The molecule has 1 aliphatic rings. The molecule has 0 saturated heterocycles. The Bertz CT molecular complexity index is 635. The summed E-state index contributed by atoms with van der Waals surface area (Å²) in [5.74, 6) is 1.10. The molecule has 1 aromatic carbocycles. The van der Waals surface area contributed by atoms with Crippen LogP contribution in [0.25, 0.3) is 0 Å². The molecule has 0 radical (unpaired) electrons. The van der Waals surface area contributed by atoms with Gasteiger partial charge in [-0.15, -0.1) is 0 Å². The second kappa shape index (κ2) is 6.10. The molecule has 0 fully saturated rings. The zero-order chi connectivity index (χ0) is 14.8. The molecule has 4 nitrogen and oxygen atoms in total. The molecule has 1 aliphatic heterocycles. The molecule has 1 unspecified atom stereocenters. The number of aryl methyl sites for hydroxylation is 1. The van der Waals surface area contributed by atoms with E-state index in [4.69, 9.17) is 10.8 Å². The smallest absolute Gasteiger partial charge is 0.139 e. The van der Waals surface area contributed by atoms with E-state index < -0.39 is 0 Å². The summed E-state index contributed by atoms with van der Waals surface area (Å²) in [6, 6.07) is 8.40. The molecule has 112 valence electrons. The lowest BCUT2D eigenvalue weighted by Gasteiger charge is -2.26. The zero-order valence-electron chi connectivity index (χ0n) is 12.3. The topological polar surface area (TPSA) is 55.9 Å². The Morgan fingerprint density at radius 2 is 2.33 bits per heavy atom. The summed E-state index contributed by atoms with van der Waals surface area (Å²) >= 11 is 3.71. The number of halogens is 1. The molecule has 0 bridgehead atoms. The number of nitrogen functional groups attached to an aromatic ring is 1. The van der Waals surface area contributed by atoms with Crippen LogP contribution in [0.15, 0.2) is 28.7 Å². The van der Waals surface area contributed by atoms with Crippen molar-refractivity contribution in [1.29, 1.82) is 0 Å². The molecular formula is C16H21BrN4. The maximum absolute atomic E-state index is 5.93. The first-order valence-electron chi connectivity index (χ1n) is 7.57. The van der Waals surface area contributed by atoms with Gasteiger partial charge in [0.15, 0.2) is 0 Å². The number of aromatic nitrogens is 2. The Morgan fingerprint density at radius 1 is 1.48 bits per heavy atom. The van der Waals surface area contributed by atoms with Gasteiger partial charge < -0.3 is 11.1 Å². The van der Waals surface area contributed by atoms with Gasteiger partial charge in [-0.2, -0.15) is 5.10 Å². The molecule has 3 N–H and O–H groups in total. The van der Waals surface area contributed by atoms with Crippen LogP contribution in [0, 0.1) is 0 Å². The van der Waals surface area contributed by atoms with Gasteiger partial charge in [0, 0.05) is 12.2 Å². The number of hydrogen-bond donors (Lipinski definition) is 2. The number of hydrogen-bond acceptors (Lipinski definition) is 3. The molecule has 0 aliphatic carbocycles. The van der Waals surface area contributed by atoms with Crippen molar-refractivity contribution in [2.24, 2.45) is 0 Å². The number of anilines is 2. The third-order valence-corrected chi connectivity index (χ3v) is 4.82. The van der Waals surface area contributed by atoms with Crippen molar-refractivity contribution < 1.29 is 0 Å². The molecule has 21 heavy (non-hydrogen) atoms. The van der Waals surface area contributed by atoms with Crippen LogP contribution in [0.5, 0.6) is 0 Å². The summed E-state index contributed by atoms with van der Waals surface area (Å²) in [5.41, 5.74) is 9.12. The van der Waals surface area contributed by atoms with Gasteiger partial charge >= 0.3 is 0 Å². The summed E-state index contributed by atoms with van der Waals surface area (Å²) in [6.45, 7) is 3.16. The van der Waals surface area contributed by atoms with Crippen molar-refractivity contribution in [3.8, 4) is 0 Å². The average molecular weight is 349 g/mol. The average Bonchev–Trinajstić information content (AvgIpc) is 2.82. The van der Waals surface area contributed by atoms with Gasteiger partial charge in [-0.05, 0) is 52.9 Å². The van der Waals surface area contributed by atoms with Crippen LogP contribution in [0.1, 0.15) is 43.5 Å². The highest BCUT2D eigenvalue weighted by Gasteiger charge is 2.26. The molecule has 1 atom stereocenters. The zero-order valence-corrected chi connectivity index (χ0v) is 13.9. The minimum Gasteiger partial charge on any atom is -0.399 e. The van der Waals surface area contributed by atoms with Gasteiger partial charge in [-0.3, -0.25) is 0 Å². The molecule has 2 heterocycles. The second-order valence-electron chi connectivity index (χ2n) is 5.56. The van der Waals surface area contributed by atoms with Crippen molar-refractivity contribution in [1.82, 2.24) is 9.78 Å². The first-order valence-corrected chi connectivity index (χ1v) is 8.36. The SMILES string of the molecule is CCCCc1nn2c(c1Br)NCCC2c1cccc(N)c1. The highest BCUT2D eigenvalue weighted by atomic mass is 79.9. The first-order chi connectivity index (χ1) is 10.2. The van der Waals surface area contributed by atoms with E-state index >= 15 is 0 Å². The molecule has 3 rings (SSSR count). The van der Waals surface area contributed by atoms with Crippen molar-refractivity contribution in [2.75, 3.05) is 17.6 Å². The number of fused-ring (bicyclic) bond motifs is 1. The van der Waals surface area contributed by atoms with Crippen LogP contribution in [0.2, 0.25) is 0 Å². The predicted octanol–water partition coefficient (Wildman–Crippen LogP) is 3.98. The lowest BCUT2D eigenvalue weighted by molar-refractivity contribution is 0.477. The van der Waals surface area contributed by atoms with Gasteiger partial charge in [-0.25, -0.2) is 4.68 Å². The van der Waals surface area contributed by atoms with Gasteiger partial charge in [0.2, 0.25) is 0 Å². The van der Waals surface area contributed by atoms with E-state index in [0.717, 1.165) is 47.5 Å². The van der Waals surface area contributed by atoms with E-state index in [2.05, 4.69) is 45.0 Å². The fourth-order valence-corrected chi connectivity index (χ4v) is 3.47. The standard InChI is InChI=1S/C16H21BrN4/c1-2-3-7-13-15(17)16-19-9-8-14(21(16)20-13)11-5-4-6-12(18)10-11/h4-6,10,14,19H,2-3,7-9,18H2,1H3. The summed E-state index contributed by atoms with van der Waals surface area (Å²) < 4.78 is 3.23. The number of nitrogens with one attached hydrogen (secondary N) is 1. The fraction of sp³-hybridized carbons (Fsp3) is 0.438. The van der Waals surface area contributed by atoms with E-state index in [-0.39, 0.29) is 6.04 Å². The largest absolute Gasteiger partial charge is 0.399 e. The maximum atomic E-state index is 5.93. The normalized spacial score (nSPS) is 17.3. The third-order valence-electron chi connectivity index (χ3n) is 3.99. The van der Waals surface area contributed by atoms with Crippen LogP contribution in [0.4, 0.5) is 11.5 Å². The second-order valence-corrected chi connectivity index (χ2v) is 6.35. The molecular weight excluding hydrogens is 328 g/mol. The van der Waals surface area contributed by atoms with E-state index in [1.165, 1.54) is 12.0 Å². The van der Waals surface area contributed by atoms with Crippen LogP contribution in [-0.2, 0) is 6.42 Å². The van der Waals surface area contributed by atoms with Crippen LogP contribution in [0.3, 0.4) is 0 Å². The Balaban J connectivity index is 1.98. The number of rotatable bonds is 4. The first kappa shape index (κ1) is 14.4. The van der Waals surface area contributed by atoms with Gasteiger partial charge in [-0.1, -0.05) is 25.5 Å². The Hall–Kier alpha value is -1.49. The minimum atomic E-state index is 0.261. The van der Waals surface area contributed by atoms with Crippen LogP contribution >= 0.6 is 15.9 Å². The van der Waals surface area contributed by atoms with Crippen LogP contribution < -0.4 is 11.1 Å². The number of unbranched alkanes of at least 4 members (excludes halogenated alkanes) is 1. The molecule has 0 saturated carbocycles. The molecule has 0 spiro atoms. The molecule has 2 aromatic rings. The number of benzene rings is 1. The highest BCUT2D eigenvalue weighted by molar-refractivity contribution is 9.10. The summed E-state index contributed by atoms with van der Waals surface area (Å²) in [4.78, 5) is 0. The molecule has 0 amide bonds. The Kier molecular flexibility index (Phi) is 4.19. The number of nitrogens with zero attached hydrogens (tertiary/aromatic N) is 2. The predicted molar refractivity (Wildman–Crippen MR) is 90.6 cm³/mol. The number of nitrogens with two attached hydrogens (primary N) is 1. The maximum Gasteiger partial charge on any atom is 0.139 e. The lowest BCUT2D eigenvalue weighted by Crippen LogP contribution is -2.24. The monoisotopic (exact) mass is 348 g/mol. The van der Waals surface area contributed by atoms with E-state index in [0.29, 0.717) is 0 Å². The fourth-order valence-electron chi connectivity index (χ4n) is 2.87. The van der Waals surface area contributed by atoms with E-state index in [1.54, 1.807) is 0 Å².